The molecule has 0 saturated heterocycles. The summed E-state index contributed by atoms with van der Waals surface area (Å²) in [5, 5.41) is 0. The van der Waals surface area contributed by atoms with E-state index in [-0.39, 0.29) is 11.9 Å². The van der Waals surface area contributed by atoms with E-state index in [2.05, 4.69) is 9.97 Å². The maximum atomic E-state index is 12.5. The molecule has 2 aromatic rings. The van der Waals surface area contributed by atoms with Crippen LogP contribution in [0.4, 0.5) is 0 Å². The minimum atomic E-state index is -0.124. The van der Waals surface area contributed by atoms with Crippen molar-refractivity contribution in [2.75, 3.05) is 13.7 Å². The highest BCUT2D eigenvalue weighted by Crippen LogP contribution is 2.24. The molecule has 5 heteroatoms. The lowest BCUT2D eigenvalue weighted by Gasteiger charge is -2.28. The van der Waals surface area contributed by atoms with Crippen molar-refractivity contribution in [1.82, 2.24) is 14.9 Å². The van der Waals surface area contributed by atoms with E-state index >= 15 is 0 Å². The largest absolute Gasteiger partial charge is 0.497 e. The molecule has 1 aromatic heterocycles. The SMILES string of the molecule is CCN(C(=O)c1cnccn1)C(C)c1cccc(OC)c1. The van der Waals surface area contributed by atoms with Gasteiger partial charge in [-0.15, -0.1) is 0 Å². The van der Waals surface area contributed by atoms with Crippen LogP contribution in [0.5, 0.6) is 5.75 Å². The Hall–Kier alpha value is -2.43. The molecule has 0 N–H and O–H groups in total. The second kappa shape index (κ2) is 6.83. The molecule has 1 amide bonds. The first-order valence-corrected chi connectivity index (χ1v) is 6.88. The van der Waals surface area contributed by atoms with E-state index in [9.17, 15) is 4.79 Å². The number of carbonyl (C=O) groups excluding carboxylic acids is 1. The second-order valence-electron chi connectivity index (χ2n) is 4.63. The van der Waals surface area contributed by atoms with Crippen LogP contribution >= 0.6 is 0 Å². The monoisotopic (exact) mass is 285 g/mol. The molecule has 0 fully saturated rings. The van der Waals surface area contributed by atoms with E-state index in [0.717, 1.165) is 11.3 Å². The standard InChI is InChI=1S/C16H19N3O2/c1-4-19(16(20)15-11-17-8-9-18-15)12(2)13-6-5-7-14(10-13)21-3/h5-12H,4H2,1-3H3. The molecular weight excluding hydrogens is 266 g/mol. The topological polar surface area (TPSA) is 55.3 Å². The molecule has 0 aliphatic carbocycles. The Bertz CT molecular complexity index is 601. The number of rotatable bonds is 5. The van der Waals surface area contributed by atoms with Gasteiger partial charge in [0.25, 0.3) is 5.91 Å². The van der Waals surface area contributed by atoms with Crippen molar-refractivity contribution in [2.24, 2.45) is 0 Å². The van der Waals surface area contributed by atoms with Crippen molar-refractivity contribution in [2.45, 2.75) is 19.9 Å². The van der Waals surface area contributed by atoms with Gasteiger partial charge in [-0.05, 0) is 31.5 Å². The summed E-state index contributed by atoms with van der Waals surface area (Å²) in [4.78, 5) is 22.3. The lowest BCUT2D eigenvalue weighted by Crippen LogP contribution is -2.34. The number of aromatic nitrogens is 2. The predicted molar refractivity (Wildman–Crippen MR) is 80.2 cm³/mol. The van der Waals surface area contributed by atoms with Crippen molar-refractivity contribution < 1.29 is 9.53 Å². The third-order valence-electron chi connectivity index (χ3n) is 3.43. The van der Waals surface area contributed by atoms with E-state index in [0.29, 0.717) is 12.2 Å². The van der Waals surface area contributed by atoms with Gasteiger partial charge >= 0.3 is 0 Å². The summed E-state index contributed by atoms with van der Waals surface area (Å²) in [7, 11) is 1.63. The molecule has 0 aliphatic heterocycles. The molecule has 21 heavy (non-hydrogen) atoms. The molecule has 0 bridgehead atoms. The Labute approximate surface area is 124 Å². The van der Waals surface area contributed by atoms with Gasteiger partial charge in [0, 0.05) is 18.9 Å². The highest BCUT2D eigenvalue weighted by molar-refractivity contribution is 5.92. The lowest BCUT2D eigenvalue weighted by molar-refractivity contribution is 0.0695. The maximum absolute atomic E-state index is 12.5. The molecule has 110 valence electrons. The number of hydrogen-bond acceptors (Lipinski definition) is 4. The van der Waals surface area contributed by atoms with Crippen LogP contribution in [0, 0.1) is 0 Å². The van der Waals surface area contributed by atoms with Crippen molar-refractivity contribution in [3.63, 3.8) is 0 Å². The third kappa shape index (κ3) is 3.37. The molecule has 0 saturated carbocycles. The summed E-state index contributed by atoms with van der Waals surface area (Å²) < 4.78 is 5.24. The minimum Gasteiger partial charge on any atom is -0.497 e. The summed E-state index contributed by atoms with van der Waals surface area (Å²) in [5.41, 5.74) is 1.38. The first kappa shape index (κ1) is 15.0. The minimum absolute atomic E-state index is 0.0698. The quantitative estimate of drug-likeness (QED) is 0.847. The summed E-state index contributed by atoms with van der Waals surface area (Å²) in [5.74, 6) is 0.656. The molecule has 0 aliphatic rings. The van der Waals surface area contributed by atoms with Crippen LogP contribution in [-0.2, 0) is 0 Å². The fourth-order valence-corrected chi connectivity index (χ4v) is 2.23. The smallest absolute Gasteiger partial charge is 0.274 e. The highest BCUT2D eigenvalue weighted by atomic mass is 16.5. The molecule has 1 unspecified atom stereocenters. The number of carbonyl (C=O) groups is 1. The van der Waals surface area contributed by atoms with E-state index in [1.54, 1.807) is 18.2 Å². The zero-order valence-electron chi connectivity index (χ0n) is 12.5. The van der Waals surface area contributed by atoms with Crippen LogP contribution in [-0.4, -0.2) is 34.4 Å². The summed E-state index contributed by atoms with van der Waals surface area (Å²) >= 11 is 0. The fourth-order valence-electron chi connectivity index (χ4n) is 2.23. The number of benzene rings is 1. The number of ether oxygens (including phenoxy) is 1. The number of hydrogen-bond donors (Lipinski definition) is 0. The second-order valence-corrected chi connectivity index (χ2v) is 4.63. The number of amides is 1. The lowest BCUT2D eigenvalue weighted by atomic mass is 10.1. The Kier molecular flexibility index (Phi) is 4.87. The fraction of sp³-hybridized carbons (Fsp3) is 0.312. The zero-order chi connectivity index (χ0) is 15.2. The van der Waals surface area contributed by atoms with Gasteiger partial charge in [-0.2, -0.15) is 0 Å². The van der Waals surface area contributed by atoms with Crippen molar-refractivity contribution >= 4 is 5.91 Å². The van der Waals surface area contributed by atoms with E-state index in [1.807, 2.05) is 38.1 Å². The molecule has 1 aromatic carbocycles. The van der Waals surface area contributed by atoms with Crippen molar-refractivity contribution in [1.29, 1.82) is 0 Å². The van der Waals surface area contributed by atoms with E-state index in [4.69, 9.17) is 4.74 Å². The zero-order valence-corrected chi connectivity index (χ0v) is 12.5. The molecule has 5 nitrogen and oxygen atoms in total. The Morgan fingerprint density at radius 2 is 2.19 bits per heavy atom. The number of nitrogens with zero attached hydrogens (tertiary/aromatic N) is 3. The van der Waals surface area contributed by atoms with Crippen molar-refractivity contribution in [3.05, 3.63) is 54.1 Å². The predicted octanol–water partition coefficient (Wildman–Crippen LogP) is 2.71. The average Bonchev–Trinajstić information content (AvgIpc) is 2.56. The van der Waals surface area contributed by atoms with Crippen LogP contribution in [0.15, 0.2) is 42.9 Å². The van der Waals surface area contributed by atoms with E-state index < -0.39 is 0 Å². The van der Waals surface area contributed by atoms with Gasteiger partial charge < -0.3 is 9.64 Å². The first-order chi connectivity index (χ1) is 10.2. The molecule has 0 spiro atoms. The van der Waals surface area contributed by atoms with Gasteiger partial charge in [-0.3, -0.25) is 9.78 Å². The van der Waals surface area contributed by atoms with Gasteiger partial charge in [0.1, 0.15) is 11.4 Å². The first-order valence-electron chi connectivity index (χ1n) is 6.88. The molecule has 1 atom stereocenters. The Balaban J connectivity index is 2.26. The third-order valence-corrected chi connectivity index (χ3v) is 3.43. The molecule has 2 rings (SSSR count). The molecular formula is C16H19N3O2. The van der Waals surface area contributed by atoms with Crippen LogP contribution in [0.1, 0.15) is 35.9 Å². The van der Waals surface area contributed by atoms with Crippen LogP contribution in [0.25, 0.3) is 0 Å². The van der Waals surface area contributed by atoms with Crippen LogP contribution in [0.3, 0.4) is 0 Å². The van der Waals surface area contributed by atoms with E-state index in [1.165, 1.54) is 12.4 Å². The van der Waals surface area contributed by atoms with Crippen LogP contribution < -0.4 is 4.74 Å². The van der Waals surface area contributed by atoms with Gasteiger partial charge in [-0.1, -0.05) is 12.1 Å². The maximum Gasteiger partial charge on any atom is 0.274 e. The normalized spacial score (nSPS) is 11.8. The van der Waals surface area contributed by atoms with Gasteiger partial charge in [0.2, 0.25) is 0 Å². The Morgan fingerprint density at radius 1 is 1.38 bits per heavy atom. The average molecular weight is 285 g/mol. The van der Waals surface area contributed by atoms with Gasteiger partial charge in [0.05, 0.1) is 19.3 Å². The van der Waals surface area contributed by atoms with Gasteiger partial charge in [0.15, 0.2) is 0 Å². The number of methoxy groups -OCH3 is 1. The van der Waals surface area contributed by atoms with Crippen LogP contribution in [0.2, 0.25) is 0 Å². The molecule has 1 heterocycles. The summed E-state index contributed by atoms with van der Waals surface area (Å²) in [6.45, 7) is 4.53. The summed E-state index contributed by atoms with van der Waals surface area (Å²) in [6.07, 6.45) is 4.57. The highest BCUT2D eigenvalue weighted by Gasteiger charge is 2.22. The summed E-state index contributed by atoms with van der Waals surface area (Å²) in [6, 6.07) is 7.67. The van der Waals surface area contributed by atoms with Crippen molar-refractivity contribution in [3.8, 4) is 5.75 Å². The van der Waals surface area contributed by atoms with Gasteiger partial charge in [-0.25, -0.2) is 4.98 Å². The molecule has 0 radical (unpaired) electrons. The Morgan fingerprint density at radius 3 is 2.81 bits per heavy atom.